The van der Waals surface area contributed by atoms with Gasteiger partial charge in [0.2, 0.25) is 5.52 Å². The normalized spacial score (nSPS) is 17.1. The summed E-state index contributed by atoms with van der Waals surface area (Å²) < 4.78 is 70.5. The number of thiazole rings is 1. The van der Waals surface area contributed by atoms with Gasteiger partial charge in [-0.3, -0.25) is 4.55 Å². The Morgan fingerprint density at radius 2 is 1.49 bits per heavy atom. The highest BCUT2D eigenvalue weighted by Crippen LogP contribution is 2.51. The lowest BCUT2D eigenvalue weighted by Gasteiger charge is -2.31. The predicted molar refractivity (Wildman–Crippen MR) is 238 cm³/mol. The van der Waals surface area contributed by atoms with Gasteiger partial charge in [0.25, 0.3) is 15.1 Å². The Balaban J connectivity index is 0.000000719. The molecule has 1 N–H and O–H groups in total. The molecule has 2 aliphatic rings. The van der Waals surface area contributed by atoms with Crippen LogP contribution >= 0.6 is 23.1 Å². The summed E-state index contributed by atoms with van der Waals surface area (Å²) in [6.07, 6.45) is 8.86. The molecular weight excluding hydrogens is 795 g/mol. The van der Waals surface area contributed by atoms with Crippen LogP contribution in [0.3, 0.4) is 0 Å². The first-order valence-corrected chi connectivity index (χ1v) is 24.4. The van der Waals surface area contributed by atoms with E-state index in [9.17, 15) is 25.9 Å². The largest absolute Gasteiger partial charge is 0.748 e. The van der Waals surface area contributed by atoms with Gasteiger partial charge in [0.1, 0.15) is 4.70 Å². The first-order chi connectivity index (χ1) is 27.1. The fraction of sp³-hybridized carbons (Fsp3) is 0.386. The van der Waals surface area contributed by atoms with Gasteiger partial charge in [0, 0.05) is 35.1 Å². The lowest BCUT2D eigenvalue weighted by atomic mass is 9.75. The van der Waals surface area contributed by atoms with Crippen molar-refractivity contribution in [1.82, 2.24) is 4.90 Å². The second-order valence-corrected chi connectivity index (χ2v) is 20.6. The maximum absolute atomic E-state index is 11.6. The van der Waals surface area contributed by atoms with E-state index in [0.29, 0.717) is 13.1 Å². The Hall–Kier alpha value is -3.56. The minimum atomic E-state index is -4.34. The number of hydrogen-bond acceptors (Lipinski definition) is 9. The van der Waals surface area contributed by atoms with Crippen molar-refractivity contribution in [3.05, 3.63) is 106 Å². The van der Waals surface area contributed by atoms with Crippen LogP contribution < -0.4 is 9.47 Å². The van der Waals surface area contributed by atoms with Crippen LogP contribution in [-0.2, 0) is 26.8 Å². The molecule has 0 amide bonds. The molecule has 2 heterocycles. The van der Waals surface area contributed by atoms with E-state index in [1.807, 2.05) is 24.3 Å². The van der Waals surface area contributed by atoms with Crippen LogP contribution in [0.4, 0.5) is 5.69 Å². The number of aryl methyl sites for hydroxylation is 1. The van der Waals surface area contributed by atoms with Gasteiger partial charge in [-0.25, -0.2) is 8.42 Å². The average molecular weight is 848 g/mol. The first-order valence-electron chi connectivity index (χ1n) is 19.6. The molecular formula is C44H53N3O6S4. The Kier molecular flexibility index (Phi) is 13.7. The fourth-order valence-corrected chi connectivity index (χ4v) is 11.2. The molecule has 0 spiro atoms. The van der Waals surface area contributed by atoms with E-state index in [0.717, 1.165) is 76.4 Å². The van der Waals surface area contributed by atoms with E-state index in [1.165, 1.54) is 19.6 Å². The van der Waals surface area contributed by atoms with Crippen LogP contribution in [0, 0.1) is 5.41 Å². The molecule has 0 radical (unpaired) electrons. The number of benzene rings is 4. The van der Waals surface area contributed by atoms with Crippen molar-refractivity contribution in [3.63, 3.8) is 0 Å². The molecule has 57 heavy (non-hydrogen) atoms. The number of rotatable bonds is 13. The van der Waals surface area contributed by atoms with Crippen LogP contribution in [-0.4, -0.2) is 68.5 Å². The van der Waals surface area contributed by atoms with Gasteiger partial charge in [0.15, 0.2) is 6.54 Å². The number of anilines is 1. The van der Waals surface area contributed by atoms with Gasteiger partial charge in [-0.15, -0.1) is 0 Å². The number of thioether (sulfide) groups is 1. The molecule has 7 rings (SSSR count). The maximum atomic E-state index is 11.6. The van der Waals surface area contributed by atoms with Crippen molar-refractivity contribution in [3.8, 4) is 0 Å². The van der Waals surface area contributed by atoms with Crippen LogP contribution in [0.2, 0.25) is 0 Å². The first kappa shape index (κ1) is 43.0. The minimum Gasteiger partial charge on any atom is -0.748 e. The van der Waals surface area contributed by atoms with Crippen molar-refractivity contribution in [2.24, 2.45) is 5.41 Å². The lowest BCUT2D eigenvalue weighted by Crippen LogP contribution is -2.36. The van der Waals surface area contributed by atoms with E-state index in [2.05, 4.69) is 116 Å². The zero-order valence-corrected chi connectivity index (χ0v) is 36.7. The molecule has 4 aromatic carbocycles. The van der Waals surface area contributed by atoms with Gasteiger partial charge < -0.3 is 14.4 Å². The average Bonchev–Trinajstić information content (AvgIpc) is 3.68. The molecule has 0 fully saturated rings. The van der Waals surface area contributed by atoms with Crippen LogP contribution in [0.1, 0.15) is 65.3 Å². The van der Waals surface area contributed by atoms with E-state index in [4.69, 9.17) is 0 Å². The summed E-state index contributed by atoms with van der Waals surface area (Å²) >= 11 is 3.33. The SMILES string of the molecule is CC1(C)CC(C=C2Sc3ccc4ccccc4c3N2CCCS(=O)(=O)O)=CC(=Cc2sc3ccc4ccccc4c3[n+]2CCCS(=O)(=O)[O-])C1.CCN(CC)CC. The Labute approximate surface area is 346 Å². The third kappa shape index (κ3) is 10.9. The standard InChI is InChI=1S/C38H38N2O6S4.C6H15N/c1-38(2)24-26(22-34-39(17-7-19-49(41,42)43)36-30-11-5-3-9-28(30)13-15-32(36)47-34)21-27(25-38)23-35-40(18-8-20-50(44,45)46)37-31-12-6-4-10-29(31)14-16-33(37)48-35;1-4-7(5-2)6-3/h3-6,9-16,21-23H,7-8,17-20,24-25H2,1-2H3,(H-,41,42,43,44,45,46);4-6H2,1-3H3. The van der Waals surface area contributed by atoms with E-state index >= 15 is 0 Å². The van der Waals surface area contributed by atoms with Crippen molar-refractivity contribution >= 4 is 86.9 Å². The second kappa shape index (κ2) is 18.1. The third-order valence-electron chi connectivity index (χ3n) is 10.5. The number of allylic oxidation sites excluding steroid dienone is 4. The zero-order chi connectivity index (χ0) is 41.0. The Bertz CT molecular complexity index is 2570. The summed E-state index contributed by atoms with van der Waals surface area (Å²) in [7, 11) is -8.43. The van der Waals surface area contributed by atoms with Crippen LogP contribution in [0.25, 0.3) is 37.8 Å². The van der Waals surface area contributed by atoms with Crippen molar-refractivity contribution in [2.45, 2.75) is 71.7 Å². The molecule has 1 aromatic heterocycles. The predicted octanol–water partition coefficient (Wildman–Crippen LogP) is 9.64. The number of fused-ring (bicyclic) bond motifs is 6. The Morgan fingerprint density at radius 1 is 0.842 bits per heavy atom. The number of aromatic nitrogens is 1. The zero-order valence-electron chi connectivity index (χ0n) is 33.4. The number of nitrogens with zero attached hydrogens (tertiary/aromatic N) is 3. The second-order valence-electron chi connectivity index (χ2n) is 15.4. The molecule has 304 valence electrons. The third-order valence-corrected chi connectivity index (χ3v) is 14.3. The lowest BCUT2D eigenvalue weighted by molar-refractivity contribution is -0.667. The van der Waals surface area contributed by atoms with E-state index in [-0.39, 0.29) is 24.0 Å². The maximum Gasteiger partial charge on any atom is 0.264 e. The smallest absolute Gasteiger partial charge is 0.264 e. The molecule has 1 aliphatic heterocycles. The molecule has 0 bridgehead atoms. The molecule has 0 unspecified atom stereocenters. The highest BCUT2D eigenvalue weighted by Gasteiger charge is 2.31. The van der Waals surface area contributed by atoms with E-state index < -0.39 is 26.0 Å². The number of hydrogen-bond donors (Lipinski definition) is 1. The Morgan fingerprint density at radius 3 is 2.14 bits per heavy atom. The topological polar surface area (TPSA) is 122 Å². The van der Waals surface area contributed by atoms with Gasteiger partial charge in [0.05, 0.1) is 32.0 Å². The molecule has 9 nitrogen and oxygen atoms in total. The molecule has 5 aromatic rings. The molecule has 13 heteroatoms. The van der Waals surface area contributed by atoms with Gasteiger partial charge in [-0.1, -0.05) is 118 Å². The monoisotopic (exact) mass is 847 g/mol. The van der Waals surface area contributed by atoms with Crippen LogP contribution in [0.15, 0.2) is 106 Å². The minimum absolute atomic E-state index is 0.0452. The van der Waals surface area contributed by atoms with Crippen molar-refractivity contribution < 1.29 is 30.5 Å². The highest BCUT2D eigenvalue weighted by atomic mass is 32.2. The van der Waals surface area contributed by atoms with Gasteiger partial charge >= 0.3 is 0 Å². The quantitative estimate of drug-likeness (QED) is 0.0912. The molecule has 0 saturated carbocycles. The summed E-state index contributed by atoms with van der Waals surface area (Å²) in [5.74, 6) is -0.728. The summed E-state index contributed by atoms with van der Waals surface area (Å²) in [6, 6.07) is 24.8. The highest BCUT2D eigenvalue weighted by molar-refractivity contribution is 8.03. The molecule has 0 atom stereocenters. The summed E-state index contributed by atoms with van der Waals surface area (Å²) in [5.41, 5.74) is 4.36. The molecule has 0 saturated heterocycles. The van der Waals surface area contributed by atoms with Crippen molar-refractivity contribution in [2.75, 3.05) is 42.6 Å². The summed E-state index contributed by atoms with van der Waals surface area (Å²) in [6.45, 7) is 15.5. The van der Waals surface area contributed by atoms with Crippen molar-refractivity contribution in [1.29, 1.82) is 0 Å². The van der Waals surface area contributed by atoms with Gasteiger partial charge in [-0.2, -0.15) is 13.0 Å². The summed E-state index contributed by atoms with van der Waals surface area (Å²) in [4.78, 5) is 5.67. The fourth-order valence-electron chi connectivity index (χ4n) is 7.89. The van der Waals surface area contributed by atoms with Crippen LogP contribution in [0.5, 0.6) is 0 Å². The van der Waals surface area contributed by atoms with E-state index in [1.54, 1.807) is 23.1 Å². The molecule has 1 aliphatic carbocycles. The van der Waals surface area contributed by atoms with Gasteiger partial charge in [-0.05, 0) is 90.5 Å². The summed E-state index contributed by atoms with van der Waals surface area (Å²) in [5, 5.41) is 6.39.